The van der Waals surface area contributed by atoms with Crippen LogP contribution in [0.5, 0.6) is 0 Å². The average Bonchev–Trinajstić information content (AvgIpc) is 2.54. The minimum Gasteiger partial charge on any atom is -0.350 e. The molecule has 1 aromatic carbocycles. The molecule has 2 amide bonds. The van der Waals surface area contributed by atoms with Crippen molar-refractivity contribution in [1.82, 2.24) is 15.6 Å². The van der Waals surface area contributed by atoms with E-state index in [4.69, 9.17) is 0 Å². The summed E-state index contributed by atoms with van der Waals surface area (Å²) in [7, 11) is 0. The number of amides is 2. The van der Waals surface area contributed by atoms with E-state index in [-0.39, 0.29) is 17.4 Å². The van der Waals surface area contributed by atoms with Crippen molar-refractivity contribution in [1.29, 1.82) is 0 Å². The number of carbonyl (C=O) groups excluding carboxylic acids is 2. The fourth-order valence-corrected chi connectivity index (χ4v) is 2.80. The summed E-state index contributed by atoms with van der Waals surface area (Å²) in [5, 5.41) is 6.46. The quantitative estimate of drug-likeness (QED) is 0.862. The lowest BCUT2D eigenvalue weighted by molar-refractivity contribution is -0.124. The van der Waals surface area contributed by atoms with E-state index in [1.54, 1.807) is 25.3 Å². The highest BCUT2D eigenvalue weighted by Crippen LogP contribution is 2.25. The number of rotatable bonds is 5. The fourth-order valence-electron chi connectivity index (χ4n) is 2.03. The van der Waals surface area contributed by atoms with Gasteiger partial charge >= 0.3 is 0 Å². The lowest BCUT2D eigenvalue weighted by Crippen LogP contribution is -2.50. The van der Waals surface area contributed by atoms with E-state index < -0.39 is 6.04 Å². The van der Waals surface area contributed by atoms with Gasteiger partial charge in [-0.2, -0.15) is 0 Å². The first-order valence-electron chi connectivity index (χ1n) is 8.06. The number of pyridine rings is 1. The molecule has 0 aliphatic rings. The van der Waals surface area contributed by atoms with Gasteiger partial charge in [0.1, 0.15) is 11.1 Å². The highest BCUT2D eigenvalue weighted by atomic mass is 32.2. The fraction of sp³-hybridized carbons (Fsp3) is 0.316. The van der Waals surface area contributed by atoms with Crippen LogP contribution >= 0.6 is 11.8 Å². The second kappa shape index (κ2) is 8.16. The molecular weight excluding hydrogens is 334 g/mol. The van der Waals surface area contributed by atoms with E-state index in [2.05, 4.69) is 15.6 Å². The molecule has 0 saturated heterocycles. The molecule has 25 heavy (non-hydrogen) atoms. The van der Waals surface area contributed by atoms with Crippen LogP contribution in [-0.4, -0.2) is 28.4 Å². The molecule has 0 spiro atoms. The Morgan fingerprint density at radius 1 is 1.08 bits per heavy atom. The molecule has 0 unspecified atom stereocenters. The molecule has 0 bridgehead atoms. The second-order valence-electron chi connectivity index (χ2n) is 6.73. The Labute approximate surface area is 152 Å². The average molecular weight is 357 g/mol. The molecule has 1 aromatic heterocycles. The van der Waals surface area contributed by atoms with Crippen LogP contribution in [0.2, 0.25) is 0 Å². The third-order valence-corrected chi connectivity index (χ3v) is 4.17. The van der Waals surface area contributed by atoms with Crippen LogP contribution in [0, 0.1) is 0 Å². The Kier molecular flexibility index (Phi) is 6.20. The molecule has 132 valence electrons. The lowest BCUT2D eigenvalue weighted by atomic mass is 10.1. The van der Waals surface area contributed by atoms with Crippen molar-refractivity contribution in [3.05, 3.63) is 54.2 Å². The van der Waals surface area contributed by atoms with Crippen LogP contribution in [0.3, 0.4) is 0 Å². The summed E-state index contributed by atoms with van der Waals surface area (Å²) < 4.78 is 0. The van der Waals surface area contributed by atoms with Crippen molar-refractivity contribution in [2.75, 3.05) is 0 Å². The van der Waals surface area contributed by atoms with E-state index in [9.17, 15) is 9.59 Å². The molecule has 6 heteroatoms. The van der Waals surface area contributed by atoms with Crippen LogP contribution in [0.1, 0.15) is 38.1 Å². The van der Waals surface area contributed by atoms with Gasteiger partial charge in [0.25, 0.3) is 5.91 Å². The maximum Gasteiger partial charge on any atom is 0.251 e. The summed E-state index contributed by atoms with van der Waals surface area (Å²) in [6.07, 6.45) is 1.74. The summed E-state index contributed by atoms with van der Waals surface area (Å²) in [6.45, 7) is 7.37. The number of nitrogens with one attached hydrogen (secondary N) is 2. The van der Waals surface area contributed by atoms with Crippen LogP contribution in [0.4, 0.5) is 0 Å². The van der Waals surface area contributed by atoms with Gasteiger partial charge in [-0.3, -0.25) is 9.59 Å². The Morgan fingerprint density at radius 3 is 2.32 bits per heavy atom. The maximum absolute atomic E-state index is 12.3. The van der Waals surface area contributed by atoms with E-state index in [1.807, 2.05) is 51.1 Å². The molecule has 2 rings (SSSR count). The van der Waals surface area contributed by atoms with Crippen molar-refractivity contribution in [2.24, 2.45) is 0 Å². The van der Waals surface area contributed by atoms with Crippen LogP contribution in [0.25, 0.3) is 0 Å². The van der Waals surface area contributed by atoms with Crippen molar-refractivity contribution in [3.63, 3.8) is 0 Å². The standard InChI is InChI=1S/C19H23N3O2S/c1-13(17(23)22-19(2,3)4)21-18(24)14-8-10-15(11-9-14)25-16-7-5-6-12-20-16/h5-13H,1-4H3,(H,21,24)(H,22,23)/t13-/m1/s1. The highest BCUT2D eigenvalue weighted by Gasteiger charge is 2.21. The zero-order valence-corrected chi connectivity index (χ0v) is 15.7. The van der Waals surface area contributed by atoms with Gasteiger partial charge in [0.15, 0.2) is 0 Å². The smallest absolute Gasteiger partial charge is 0.251 e. The van der Waals surface area contributed by atoms with Gasteiger partial charge in [-0.15, -0.1) is 0 Å². The molecule has 0 fully saturated rings. The molecule has 0 saturated carbocycles. The topological polar surface area (TPSA) is 71.1 Å². The number of benzene rings is 1. The van der Waals surface area contributed by atoms with E-state index in [0.29, 0.717) is 5.56 Å². The summed E-state index contributed by atoms with van der Waals surface area (Å²) in [6, 6.07) is 12.4. The number of hydrogen-bond donors (Lipinski definition) is 2. The van der Waals surface area contributed by atoms with Gasteiger partial charge in [0.2, 0.25) is 5.91 Å². The Bertz CT molecular complexity index is 725. The highest BCUT2D eigenvalue weighted by molar-refractivity contribution is 7.99. The van der Waals surface area contributed by atoms with E-state index in [1.165, 1.54) is 11.8 Å². The van der Waals surface area contributed by atoms with Crippen molar-refractivity contribution >= 4 is 23.6 Å². The van der Waals surface area contributed by atoms with Gasteiger partial charge in [0.05, 0.1) is 0 Å². The Hall–Kier alpha value is -2.34. The predicted octanol–water partition coefficient (Wildman–Crippen LogP) is 3.27. The SMILES string of the molecule is C[C@@H](NC(=O)c1ccc(Sc2ccccn2)cc1)C(=O)NC(C)(C)C. The summed E-state index contributed by atoms with van der Waals surface area (Å²) >= 11 is 1.53. The van der Waals surface area contributed by atoms with Crippen LogP contribution in [-0.2, 0) is 4.79 Å². The first kappa shape index (κ1) is 19.0. The van der Waals surface area contributed by atoms with Crippen LogP contribution < -0.4 is 10.6 Å². The van der Waals surface area contributed by atoms with Gasteiger partial charge in [-0.1, -0.05) is 17.8 Å². The zero-order chi connectivity index (χ0) is 18.4. The lowest BCUT2D eigenvalue weighted by Gasteiger charge is -2.23. The summed E-state index contributed by atoms with van der Waals surface area (Å²) in [5.74, 6) is -0.478. The molecule has 2 N–H and O–H groups in total. The third kappa shape index (κ3) is 6.23. The summed E-state index contributed by atoms with van der Waals surface area (Å²) in [4.78, 5) is 29.6. The van der Waals surface area contributed by atoms with Gasteiger partial charge in [-0.05, 0) is 64.1 Å². The molecule has 0 radical (unpaired) electrons. The van der Waals surface area contributed by atoms with Crippen molar-refractivity contribution in [2.45, 2.75) is 49.2 Å². The minimum atomic E-state index is -0.603. The number of nitrogens with zero attached hydrogens (tertiary/aromatic N) is 1. The second-order valence-corrected chi connectivity index (χ2v) is 7.82. The monoisotopic (exact) mass is 357 g/mol. The molecule has 2 aromatic rings. The largest absolute Gasteiger partial charge is 0.350 e. The Balaban J connectivity index is 1.95. The van der Waals surface area contributed by atoms with Crippen molar-refractivity contribution in [3.8, 4) is 0 Å². The number of hydrogen-bond acceptors (Lipinski definition) is 4. The molecule has 1 heterocycles. The number of carbonyl (C=O) groups is 2. The first-order valence-corrected chi connectivity index (χ1v) is 8.88. The van der Waals surface area contributed by atoms with E-state index >= 15 is 0 Å². The molecule has 1 atom stereocenters. The third-order valence-electron chi connectivity index (χ3n) is 3.22. The predicted molar refractivity (Wildman–Crippen MR) is 99.6 cm³/mol. The molecule has 0 aliphatic heterocycles. The Morgan fingerprint density at radius 2 is 1.76 bits per heavy atom. The van der Waals surface area contributed by atoms with Crippen LogP contribution in [0.15, 0.2) is 58.6 Å². The zero-order valence-electron chi connectivity index (χ0n) is 14.9. The first-order chi connectivity index (χ1) is 11.7. The summed E-state index contributed by atoms with van der Waals surface area (Å²) in [5.41, 5.74) is 0.182. The number of aromatic nitrogens is 1. The molecule has 5 nitrogen and oxygen atoms in total. The van der Waals surface area contributed by atoms with Gasteiger partial charge in [0, 0.05) is 22.2 Å². The molecular formula is C19H23N3O2S. The van der Waals surface area contributed by atoms with Crippen molar-refractivity contribution < 1.29 is 9.59 Å². The molecule has 0 aliphatic carbocycles. The van der Waals surface area contributed by atoms with E-state index in [0.717, 1.165) is 9.92 Å². The maximum atomic E-state index is 12.3. The minimum absolute atomic E-state index is 0.205. The normalized spacial score (nSPS) is 12.3. The van der Waals surface area contributed by atoms with Gasteiger partial charge < -0.3 is 10.6 Å². The van der Waals surface area contributed by atoms with Gasteiger partial charge in [-0.25, -0.2) is 4.98 Å².